The van der Waals surface area contributed by atoms with Crippen molar-refractivity contribution < 1.29 is 24.7 Å². The second-order valence-corrected chi connectivity index (χ2v) is 4.59. The average molecular weight is 229 g/mol. The first-order chi connectivity index (χ1) is 7.56. The van der Waals surface area contributed by atoms with Gasteiger partial charge in [-0.25, -0.2) is 0 Å². The SMILES string of the molecule is O=C(O)C1NCC2OCC21CCCB(O)O. The first kappa shape index (κ1) is 11.8. The number of rotatable bonds is 5. The lowest BCUT2D eigenvalue weighted by molar-refractivity contribution is -0.183. The molecule has 6 nitrogen and oxygen atoms in total. The maximum Gasteiger partial charge on any atom is 0.451 e. The Balaban J connectivity index is 1.95. The summed E-state index contributed by atoms with van der Waals surface area (Å²) in [5.74, 6) is -0.852. The first-order valence-corrected chi connectivity index (χ1v) is 5.50. The van der Waals surface area contributed by atoms with Crippen LogP contribution in [0.1, 0.15) is 12.8 Å². The van der Waals surface area contributed by atoms with Crippen molar-refractivity contribution >= 4 is 13.1 Å². The summed E-state index contributed by atoms with van der Waals surface area (Å²) < 4.78 is 5.35. The molecule has 90 valence electrons. The Hall–Kier alpha value is -0.625. The Morgan fingerprint density at radius 1 is 1.56 bits per heavy atom. The monoisotopic (exact) mass is 229 g/mol. The number of hydrogen-bond acceptors (Lipinski definition) is 5. The van der Waals surface area contributed by atoms with Crippen molar-refractivity contribution in [3.63, 3.8) is 0 Å². The van der Waals surface area contributed by atoms with Crippen LogP contribution in [-0.4, -0.2) is 53.5 Å². The van der Waals surface area contributed by atoms with E-state index in [1.165, 1.54) is 0 Å². The zero-order valence-corrected chi connectivity index (χ0v) is 8.93. The summed E-state index contributed by atoms with van der Waals surface area (Å²) in [6.45, 7) is 1.02. The van der Waals surface area contributed by atoms with E-state index in [0.717, 1.165) is 0 Å². The van der Waals surface area contributed by atoms with Gasteiger partial charge in [0.1, 0.15) is 6.04 Å². The fraction of sp³-hybridized carbons (Fsp3) is 0.889. The van der Waals surface area contributed by atoms with E-state index in [2.05, 4.69) is 5.32 Å². The molecular formula is C9H16BNO5. The lowest BCUT2D eigenvalue weighted by atomic mass is 9.69. The highest BCUT2D eigenvalue weighted by atomic mass is 16.5. The zero-order valence-electron chi connectivity index (χ0n) is 8.93. The Morgan fingerprint density at radius 2 is 2.31 bits per heavy atom. The summed E-state index contributed by atoms with van der Waals surface area (Å²) >= 11 is 0. The molecule has 0 aliphatic carbocycles. The van der Waals surface area contributed by atoms with E-state index in [9.17, 15) is 4.79 Å². The molecule has 0 aromatic carbocycles. The Bertz CT molecular complexity index is 287. The minimum absolute atomic E-state index is 0.0376. The minimum Gasteiger partial charge on any atom is -0.480 e. The molecule has 3 atom stereocenters. The van der Waals surface area contributed by atoms with Crippen molar-refractivity contribution in [2.75, 3.05) is 13.2 Å². The Kier molecular flexibility index (Phi) is 3.21. The molecule has 2 heterocycles. The number of fused-ring (bicyclic) bond motifs is 1. The van der Waals surface area contributed by atoms with Crippen LogP contribution in [0.4, 0.5) is 0 Å². The van der Waals surface area contributed by atoms with Crippen molar-refractivity contribution in [3.05, 3.63) is 0 Å². The van der Waals surface area contributed by atoms with Gasteiger partial charge in [-0.05, 0) is 12.7 Å². The summed E-state index contributed by atoms with van der Waals surface area (Å²) in [6.07, 6.45) is 1.49. The molecule has 0 bridgehead atoms. The van der Waals surface area contributed by atoms with Gasteiger partial charge in [-0.3, -0.25) is 4.79 Å². The summed E-state index contributed by atoms with van der Waals surface area (Å²) in [5, 5.41) is 29.6. The molecule has 3 unspecified atom stereocenters. The fourth-order valence-electron chi connectivity index (χ4n) is 2.70. The molecule has 0 aromatic rings. The van der Waals surface area contributed by atoms with Crippen LogP contribution >= 0.6 is 0 Å². The third-order valence-corrected chi connectivity index (χ3v) is 3.63. The predicted molar refractivity (Wildman–Crippen MR) is 55.8 cm³/mol. The molecule has 0 saturated carbocycles. The third-order valence-electron chi connectivity index (χ3n) is 3.63. The van der Waals surface area contributed by atoms with Gasteiger partial charge in [0.15, 0.2) is 0 Å². The quantitative estimate of drug-likeness (QED) is 0.436. The predicted octanol–water partition coefficient (Wildman–Crippen LogP) is -1.32. The van der Waals surface area contributed by atoms with Gasteiger partial charge in [0, 0.05) is 12.0 Å². The Labute approximate surface area is 93.7 Å². The average Bonchev–Trinajstić information content (AvgIpc) is 2.40. The van der Waals surface area contributed by atoms with E-state index >= 15 is 0 Å². The van der Waals surface area contributed by atoms with Gasteiger partial charge in [-0.2, -0.15) is 0 Å². The van der Waals surface area contributed by atoms with Crippen LogP contribution in [0.3, 0.4) is 0 Å². The van der Waals surface area contributed by atoms with Crippen molar-refractivity contribution in [1.29, 1.82) is 0 Å². The number of carboxylic acids is 1. The normalized spacial score (nSPS) is 36.6. The third kappa shape index (κ3) is 1.84. The second kappa shape index (κ2) is 4.33. The summed E-state index contributed by atoms with van der Waals surface area (Å²) in [4.78, 5) is 11.1. The van der Waals surface area contributed by atoms with Crippen molar-refractivity contribution in [3.8, 4) is 0 Å². The van der Waals surface area contributed by atoms with E-state index in [1.54, 1.807) is 0 Å². The Morgan fingerprint density at radius 3 is 2.81 bits per heavy atom. The van der Waals surface area contributed by atoms with Crippen molar-refractivity contribution in [2.45, 2.75) is 31.3 Å². The fourth-order valence-corrected chi connectivity index (χ4v) is 2.70. The second-order valence-electron chi connectivity index (χ2n) is 4.59. The molecule has 16 heavy (non-hydrogen) atoms. The summed E-state index contributed by atoms with van der Waals surface area (Å²) in [7, 11) is -1.31. The number of ether oxygens (including phenoxy) is 1. The standard InChI is InChI=1S/C9H16BNO5/c12-8(13)7-9(2-1-3-10(14)15)5-16-6(9)4-11-7/h6-7,11,14-15H,1-5H2,(H,12,13). The van der Waals surface area contributed by atoms with Gasteiger partial charge in [0.25, 0.3) is 0 Å². The maximum atomic E-state index is 11.1. The highest BCUT2D eigenvalue weighted by molar-refractivity contribution is 6.40. The van der Waals surface area contributed by atoms with Gasteiger partial charge >= 0.3 is 13.1 Å². The van der Waals surface area contributed by atoms with Crippen LogP contribution in [0.25, 0.3) is 0 Å². The molecule has 2 saturated heterocycles. The van der Waals surface area contributed by atoms with Crippen LogP contribution in [0, 0.1) is 5.41 Å². The number of carbonyl (C=O) groups is 1. The summed E-state index contributed by atoms with van der Waals surface area (Å²) in [5.41, 5.74) is -0.347. The van der Waals surface area contributed by atoms with Gasteiger partial charge in [-0.15, -0.1) is 0 Å². The molecular weight excluding hydrogens is 213 g/mol. The smallest absolute Gasteiger partial charge is 0.451 e. The van der Waals surface area contributed by atoms with Crippen LogP contribution in [0.5, 0.6) is 0 Å². The number of carboxylic acid groups (broad SMARTS) is 1. The van der Waals surface area contributed by atoms with E-state index in [0.29, 0.717) is 26.0 Å². The van der Waals surface area contributed by atoms with E-state index in [1.807, 2.05) is 0 Å². The van der Waals surface area contributed by atoms with Gasteiger partial charge in [-0.1, -0.05) is 6.42 Å². The van der Waals surface area contributed by atoms with Crippen molar-refractivity contribution in [2.24, 2.45) is 5.41 Å². The zero-order chi connectivity index (χ0) is 11.8. The largest absolute Gasteiger partial charge is 0.480 e. The van der Waals surface area contributed by atoms with E-state index in [4.69, 9.17) is 19.9 Å². The van der Waals surface area contributed by atoms with Crippen LogP contribution in [0.2, 0.25) is 6.32 Å². The number of nitrogens with one attached hydrogen (secondary N) is 1. The number of aliphatic carboxylic acids is 1. The molecule has 0 radical (unpaired) electrons. The maximum absolute atomic E-state index is 11.1. The topological polar surface area (TPSA) is 99.0 Å². The minimum atomic E-state index is -1.31. The lowest BCUT2D eigenvalue weighted by Crippen LogP contribution is -2.57. The van der Waals surface area contributed by atoms with Crippen LogP contribution < -0.4 is 5.32 Å². The molecule has 2 aliphatic rings. The highest BCUT2D eigenvalue weighted by Gasteiger charge is 2.59. The molecule has 2 fully saturated rings. The van der Waals surface area contributed by atoms with Crippen LogP contribution in [0.15, 0.2) is 0 Å². The molecule has 0 amide bonds. The molecule has 2 aliphatic heterocycles. The summed E-state index contributed by atoms with van der Waals surface area (Å²) in [6, 6.07) is -0.568. The first-order valence-electron chi connectivity index (χ1n) is 5.50. The molecule has 4 N–H and O–H groups in total. The lowest BCUT2D eigenvalue weighted by Gasteiger charge is -2.46. The molecule has 2 rings (SSSR count). The van der Waals surface area contributed by atoms with Gasteiger partial charge in [0.2, 0.25) is 0 Å². The molecule has 7 heteroatoms. The van der Waals surface area contributed by atoms with Crippen LogP contribution in [-0.2, 0) is 9.53 Å². The highest BCUT2D eigenvalue weighted by Crippen LogP contribution is 2.46. The van der Waals surface area contributed by atoms with Gasteiger partial charge in [0.05, 0.1) is 12.7 Å². The van der Waals surface area contributed by atoms with E-state index < -0.39 is 19.1 Å². The molecule has 0 spiro atoms. The number of hydrogen-bond donors (Lipinski definition) is 4. The van der Waals surface area contributed by atoms with Crippen molar-refractivity contribution in [1.82, 2.24) is 5.32 Å². The molecule has 0 aromatic heterocycles. The van der Waals surface area contributed by atoms with E-state index in [-0.39, 0.29) is 17.8 Å². The van der Waals surface area contributed by atoms with Gasteiger partial charge < -0.3 is 25.2 Å².